The van der Waals surface area contributed by atoms with E-state index < -0.39 is 24.2 Å². The largest absolute Gasteiger partial charge is 0.491 e. The second kappa shape index (κ2) is 13.6. The van der Waals surface area contributed by atoms with Gasteiger partial charge >= 0.3 is 6.09 Å². The molecule has 0 saturated heterocycles. The SMILES string of the molecule is O=C(/C=C/[C@H](Oc1ccccc1)[C@@H](OC(=O)Nc1cccc2ccccc12)c1ccccc1OCCO)NO. The lowest BCUT2D eigenvalue weighted by atomic mass is 10.0. The summed E-state index contributed by atoms with van der Waals surface area (Å²) in [4.78, 5) is 25.2. The van der Waals surface area contributed by atoms with Crippen LogP contribution in [0, 0.1) is 0 Å². The number of hydroxylamine groups is 1. The van der Waals surface area contributed by atoms with E-state index in [0.29, 0.717) is 22.7 Å². The van der Waals surface area contributed by atoms with Gasteiger partial charge in [-0.05, 0) is 35.7 Å². The quantitative estimate of drug-likeness (QED) is 0.122. The third kappa shape index (κ3) is 7.35. The Kier molecular flexibility index (Phi) is 9.49. The van der Waals surface area contributed by atoms with Gasteiger partial charge in [-0.1, -0.05) is 72.8 Å². The summed E-state index contributed by atoms with van der Waals surface area (Å²) in [6.45, 7) is -0.207. The predicted molar refractivity (Wildman–Crippen MR) is 146 cm³/mol. The summed E-state index contributed by atoms with van der Waals surface area (Å²) in [7, 11) is 0. The van der Waals surface area contributed by atoms with Crippen LogP contribution in [0.3, 0.4) is 0 Å². The Hall–Kier alpha value is -4.86. The standard InChI is InChI=1S/C30H28N2O7/c33-19-20-37-26-16-7-6-14-24(26)29(27(17-18-28(34)32-36)38-22-11-2-1-3-12-22)39-30(35)31-25-15-8-10-21-9-4-5-13-23(21)25/h1-18,27,29,33,36H,19-20H2,(H,31,35)(H,32,34)/b18-17+/t27-,29-/m0/s1. The first kappa shape index (κ1) is 27.2. The number of rotatable bonds is 11. The van der Waals surface area contributed by atoms with Crippen LogP contribution < -0.4 is 20.3 Å². The van der Waals surface area contributed by atoms with Crippen molar-refractivity contribution in [2.75, 3.05) is 18.5 Å². The van der Waals surface area contributed by atoms with Gasteiger partial charge in [0.2, 0.25) is 0 Å². The van der Waals surface area contributed by atoms with Gasteiger partial charge in [0, 0.05) is 17.0 Å². The first-order valence-corrected chi connectivity index (χ1v) is 12.2. The monoisotopic (exact) mass is 528 g/mol. The van der Waals surface area contributed by atoms with Crippen molar-refractivity contribution >= 4 is 28.5 Å². The Labute approximate surface area is 225 Å². The van der Waals surface area contributed by atoms with Crippen molar-refractivity contribution in [1.82, 2.24) is 5.48 Å². The minimum absolute atomic E-state index is 0.0128. The van der Waals surface area contributed by atoms with Gasteiger partial charge in [-0.25, -0.2) is 10.3 Å². The maximum Gasteiger partial charge on any atom is 0.412 e. The fraction of sp³-hybridized carbons (Fsp3) is 0.133. The van der Waals surface area contributed by atoms with Crippen LogP contribution >= 0.6 is 0 Å². The van der Waals surface area contributed by atoms with Crippen LogP contribution in [0.1, 0.15) is 11.7 Å². The van der Waals surface area contributed by atoms with Gasteiger partial charge in [-0.15, -0.1) is 0 Å². The van der Waals surface area contributed by atoms with Crippen molar-refractivity contribution in [3.05, 3.63) is 115 Å². The molecule has 4 N–H and O–H groups in total. The van der Waals surface area contributed by atoms with E-state index in [1.165, 1.54) is 11.6 Å². The number of aliphatic hydroxyl groups is 1. The van der Waals surface area contributed by atoms with Crippen molar-refractivity contribution < 1.29 is 34.1 Å². The van der Waals surface area contributed by atoms with Crippen molar-refractivity contribution in [3.8, 4) is 11.5 Å². The van der Waals surface area contributed by atoms with Crippen molar-refractivity contribution in [2.45, 2.75) is 12.2 Å². The maximum atomic E-state index is 13.3. The molecule has 0 saturated carbocycles. The zero-order valence-electron chi connectivity index (χ0n) is 20.9. The number of para-hydroxylation sites is 2. The number of fused-ring (bicyclic) bond motifs is 1. The minimum Gasteiger partial charge on any atom is -0.491 e. The molecule has 4 rings (SSSR count). The molecular formula is C30H28N2O7. The molecule has 200 valence electrons. The summed E-state index contributed by atoms with van der Waals surface area (Å²) >= 11 is 0. The molecule has 0 fully saturated rings. The third-order valence-corrected chi connectivity index (χ3v) is 5.70. The number of hydrogen-bond acceptors (Lipinski definition) is 7. The second-order valence-electron chi connectivity index (χ2n) is 8.32. The van der Waals surface area contributed by atoms with Crippen LogP contribution in [0.25, 0.3) is 10.8 Å². The topological polar surface area (TPSA) is 126 Å². The molecular weight excluding hydrogens is 500 g/mol. The van der Waals surface area contributed by atoms with Crippen LogP contribution in [0.15, 0.2) is 109 Å². The molecule has 4 aromatic carbocycles. The predicted octanol–water partition coefficient (Wildman–Crippen LogP) is 5.01. The molecule has 9 nitrogen and oxygen atoms in total. The highest BCUT2D eigenvalue weighted by Crippen LogP contribution is 2.34. The highest BCUT2D eigenvalue weighted by molar-refractivity contribution is 6.00. The molecule has 0 aliphatic carbocycles. The molecule has 2 amide bonds. The van der Waals surface area contributed by atoms with Crippen molar-refractivity contribution in [2.24, 2.45) is 0 Å². The van der Waals surface area contributed by atoms with Crippen LogP contribution in [0.5, 0.6) is 11.5 Å². The molecule has 0 unspecified atom stereocenters. The zero-order chi connectivity index (χ0) is 27.5. The molecule has 0 radical (unpaired) electrons. The molecule has 0 heterocycles. The van der Waals surface area contributed by atoms with E-state index in [9.17, 15) is 14.7 Å². The number of hydrogen-bond donors (Lipinski definition) is 4. The average molecular weight is 529 g/mol. The number of benzene rings is 4. The summed E-state index contributed by atoms with van der Waals surface area (Å²) in [6.07, 6.45) is -0.462. The fourth-order valence-corrected chi connectivity index (χ4v) is 3.98. The van der Waals surface area contributed by atoms with E-state index >= 15 is 0 Å². The lowest BCUT2D eigenvalue weighted by Gasteiger charge is -2.27. The first-order valence-electron chi connectivity index (χ1n) is 12.2. The molecule has 2 atom stereocenters. The molecule has 39 heavy (non-hydrogen) atoms. The Bertz CT molecular complexity index is 1420. The molecule has 0 spiro atoms. The number of amides is 2. The first-order chi connectivity index (χ1) is 19.1. The van der Waals surface area contributed by atoms with Crippen LogP contribution in [0.4, 0.5) is 10.5 Å². The summed E-state index contributed by atoms with van der Waals surface area (Å²) < 4.78 is 17.8. The summed E-state index contributed by atoms with van der Waals surface area (Å²) in [5.41, 5.74) is 2.53. The molecule has 0 bridgehead atoms. The van der Waals surface area contributed by atoms with Gasteiger partial charge < -0.3 is 19.3 Å². The van der Waals surface area contributed by atoms with Crippen molar-refractivity contribution in [1.29, 1.82) is 0 Å². The Balaban J connectivity index is 1.72. The van der Waals surface area contributed by atoms with E-state index in [4.69, 9.17) is 19.4 Å². The highest BCUT2D eigenvalue weighted by Gasteiger charge is 2.30. The van der Waals surface area contributed by atoms with Gasteiger partial charge in [0.25, 0.3) is 5.91 Å². The van der Waals surface area contributed by atoms with Gasteiger partial charge in [-0.2, -0.15) is 0 Å². The molecule has 0 aliphatic rings. The van der Waals surface area contributed by atoms with Crippen LogP contribution in [-0.2, 0) is 9.53 Å². The summed E-state index contributed by atoms with van der Waals surface area (Å²) in [5.74, 6) is 0.0185. The maximum absolute atomic E-state index is 13.3. The average Bonchev–Trinajstić information content (AvgIpc) is 2.98. The van der Waals surface area contributed by atoms with Crippen molar-refractivity contribution in [3.63, 3.8) is 0 Å². The Morgan fingerprint density at radius 2 is 1.59 bits per heavy atom. The van der Waals surface area contributed by atoms with Gasteiger partial charge in [-0.3, -0.25) is 15.3 Å². The Morgan fingerprint density at radius 1 is 0.872 bits per heavy atom. The summed E-state index contributed by atoms with van der Waals surface area (Å²) in [5, 5.41) is 22.9. The van der Waals surface area contributed by atoms with E-state index in [0.717, 1.165) is 16.8 Å². The van der Waals surface area contributed by atoms with Gasteiger partial charge in [0.05, 0.1) is 12.3 Å². The number of aliphatic hydroxyl groups excluding tert-OH is 1. The van der Waals surface area contributed by atoms with Crippen LogP contribution in [0.2, 0.25) is 0 Å². The van der Waals surface area contributed by atoms with E-state index in [2.05, 4.69) is 5.32 Å². The molecule has 9 heteroatoms. The van der Waals surface area contributed by atoms with Gasteiger partial charge in [0.15, 0.2) is 12.2 Å². The molecule has 0 aromatic heterocycles. The normalized spacial score (nSPS) is 12.5. The number of anilines is 1. The second-order valence-corrected chi connectivity index (χ2v) is 8.32. The molecule has 0 aliphatic heterocycles. The van der Waals surface area contributed by atoms with E-state index in [1.54, 1.807) is 54.6 Å². The number of carbonyl (C=O) groups is 2. The van der Waals surface area contributed by atoms with Crippen LogP contribution in [-0.4, -0.2) is 41.6 Å². The minimum atomic E-state index is -1.11. The van der Waals surface area contributed by atoms with Gasteiger partial charge in [0.1, 0.15) is 18.1 Å². The number of carbonyl (C=O) groups excluding carboxylic acids is 2. The smallest absolute Gasteiger partial charge is 0.412 e. The number of ether oxygens (including phenoxy) is 3. The molecule has 4 aromatic rings. The number of nitrogens with one attached hydrogen (secondary N) is 2. The lowest BCUT2D eigenvalue weighted by Crippen LogP contribution is -2.30. The van der Waals surface area contributed by atoms with E-state index in [1.807, 2.05) is 42.5 Å². The van der Waals surface area contributed by atoms with E-state index in [-0.39, 0.29) is 13.2 Å². The zero-order valence-corrected chi connectivity index (χ0v) is 20.9. The third-order valence-electron chi connectivity index (χ3n) is 5.70. The highest BCUT2D eigenvalue weighted by atomic mass is 16.6. The fourth-order valence-electron chi connectivity index (χ4n) is 3.98. The summed E-state index contributed by atoms with van der Waals surface area (Å²) in [6, 6.07) is 28.8. The lowest BCUT2D eigenvalue weighted by molar-refractivity contribution is -0.124. The Morgan fingerprint density at radius 3 is 2.38 bits per heavy atom.